The van der Waals surface area contributed by atoms with Gasteiger partial charge in [0.05, 0.1) is 29.4 Å². The molecule has 0 unspecified atom stereocenters. The molecule has 0 aliphatic heterocycles. The van der Waals surface area contributed by atoms with Gasteiger partial charge in [0.2, 0.25) is 5.91 Å². The Morgan fingerprint density at radius 3 is 2.55 bits per heavy atom. The number of thiazole rings is 1. The van der Waals surface area contributed by atoms with Gasteiger partial charge in [-0.05, 0) is 49.2 Å². The first kappa shape index (κ1) is 19.2. The molecule has 1 aromatic heterocycles. The summed E-state index contributed by atoms with van der Waals surface area (Å²) in [6, 6.07) is 21.6. The van der Waals surface area contributed by atoms with Crippen molar-refractivity contribution < 1.29 is 9.53 Å². The van der Waals surface area contributed by atoms with Gasteiger partial charge in [0.15, 0.2) is 5.13 Å². The van der Waals surface area contributed by atoms with Gasteiger partial charge in [-0.25, -0.2) is 4.98 Å². The minimum absolute atomic E-state index is 0.0396. The maximum Gasteiger partial charge on any atom is 0.237 e. The highest BCUT2D eigenvalue weighted by Gasteiger charge is 2.24. The van der Waals surface area contributed by atoms with Crippen molar-refractivity contribution in [3.63, 3.8) is 0 Å². The highest BCUT2D eigenvalue weighted by atomic mass is 32.1. The molecule has 0 radical (unpaired) electrons. The van der Waals surface area contributed by atoms with E-state index in [9.17, 15) is 4.79 Å². The summed E-state index contributed by atoms with van der Waals surface area (Å²) in [6.07, 6.45) is 0.229. The van der Waals surface area contributed by atoms with Crippen molar-refractivity contribution in [3.8, 4) is 5.75 Å². The van der Waals surface area contributed by atoms with Crippen LogP contribution in [0.15, 0.2) is 66.7 Å². The molecular formula is C24H22N2O2S. The summed E-state index contributed by atoms with van der Waals surface area (Å²) in [4.78, 5) is 20.1. The number of nitrogens with zero attached hydrogens (tertiary/aromatic N) is 2. The number of amides is 1. The molecular weight excluding hydrogens is 380 g/mol. The predicted octanol–water partition coefficient (Wildman–Crippen LogP) is 5.83. The Morgan fingerprint density at radius 1 is 1.00 bits per heavy atom. The highest BCUT2D eigenvalue weighted by molar-refractivity contribution is 7.22. The van der Waals surface area contributed by atoms with Crippen LogP contribution in [0.4, 0.5) is 10.8 Å². The van der Waals surface area contributed by atoms with Crippen LogP contribution in [-0.2, 0) is 11.2 Å². The molecule has 0 spiro atoms. The maximum atomic E-state index is 13.6. The van der Waals surface area contributed by atoms with Crippen LogP contribution in [0.25, 0.3) is 10.2 Å². The maximum absolute atomic E-state index is 13.6. The first-order valence-corrected chi connectivity index (χ1v) is 10.3. The molecule has 29 heavy (non-hydrogen) atoms. The number of aryl methyl sites for hydroxylation is 1. The number of hydrogen-bond acceptors (Lipinski definition) is 4. The summed E-state index contributed by atoms with van der Waals surface area (Å²) in [6.45, 7) is 4.10. The fourth-order valence-corrected chi connectivity index (χ4v) is 4.37. The van der Waals surface area contributed by atoms with Gasteiger partial charge < -0.3 is 4.74 Å². The fourth-order valence-electron chi connectivity index (χ4n) is 3.37. The van der Waals surface area contributed by atoms with Gasteiger partial charge in [-0.15, -0.1) is 0 Å². The van der Waals surface area contributed by atoms with E-state index in [1.807, 2.05) is 67.6 Å². The molecule has 5 heteroatoms. The van der Waals surface area contributed by atoms with Crippen molar-refractivity contribution in [1.82, 2.24) is 4.98 Å². The minimum Gasteiger partial charge on any atom is -0.496 e. The molecule has 146 valence electrons. The number of anilines is 2. The number of carbonyl (C=O) groups excluding carboxylic acids is 1. The van der Waals surface area contributed by atoms with Crippen molar-refractivity contribution in [1.29, 1.82) is 0 Å². The third-order valence-corrected chi connectivity index (χ3v) is 6.10. The molecule has 4 rings (SSSR count). The largest absolute Gasteiger partial charge is 0.496 e. The van der Waals surface area contributed by atoms with Gasteiger partial charge in [0, 0.05) is 5.56 Å². The van der Waals surface area contributed by atoms with Crippen LogP contribution in [0.1, 0.15) is 16.7 Å². The van der Waals surface area contributed by atoms with E-state index in [2.05, 4.69) is 13.0 Å². The van der Waals surface area contributed by atoms with Crippen LogP contribution < -0.4 is 9.64 Å². The fraction of sp³-hybridized carbons (Fsp3) is 0.167. The molecule has 1 amide bonds. The van der Waals surface area contributed by atoms with Gasteiger partial charge in [-0.1, -0.05) is 53.8 Å². The van der Waals surface area contributed by atoms with Crippen LogP contribution >= 0.6 is 11.3 Å². The van der Waals surface area contributed by atoms with Gasteiger partial charge in [-0.2, -0.15) is 0 Å². The topological polar surface area (TPSA) is 42.4 Å². The number of aromatic nitrogens is 1. The van der Waals surface area contributed by atoms with Crippen LogP contribution in [0, 0.1) is 13.8 Å². The summed E-state index contributed by atoms with van der Waals surface area (Å²) in [5.74, 6) is 0.674. The Bertz CT molecular complexity index is 1150. The number of fused-ring (bicyclic) bond motifs is 1. The van der Waals surface area contributed by atoms with E-state index in [0.717, 1.165) is 32.6 Å². The summed E-state index contributed by atoms with van der Waals surface area (Å²) < 4.78 is 6.50. The SMILES string of the molecule is COc1ccccc1CC(=O)N(c1nc2ccccc2s1)c1cccc(C)c1C. The van der Waals surface area contributed by atoms with Gasteiger partial charge >= 0.3 is 0 Å². The molecule has 0 aliphatic carbocycles. The Balaban J connectivity index is 1.81. The van der Waals surface area contributed by atoms with E-state index >= 15 is 0 Å². The van der Waals surface area contributed by atoms with Crippen molar-refractivity contribution in [2.75, 3.05) is 12.0 Å². The third kappa shape index (κ3) is 3.74. The molecule has 0 atom stereocenters. The second-order valence-electron chi connectivity index (χ2n) is 6.90. The average Bonchev–Trinajstić information content (AvgIpc) is 3.15. The van der Waals surface area contributed by atoms with Gasteiger partial charge in [0.1, 0.15) is 5.75 Å². The van der Waals surface area contributed by atoms with E-state index in [4.69, 9.17) is 9.72 Å². The van der Waals surface area contributed by atoms with E-state index in [1.165, 1.54) is 11.3 Å². The summed E-state index contributed by atoms with van der Waals surface area (Å²) >= 11 is 1.53. The van der Waals surface area contributed by atoms with Crippen LogP contribution in [0.3, 0.4) is 0 Å². The van der Waals surface area contributed by atoms with E-state index in [-0.39, 0.29) is 12.3 Å². The zero-order valence-corrected chi connectivity index (χ0v) is 17.5. The van der Waals surface area contributed by atoms with Crippen LogP contribution in [-0.4, -0.2) is 18.0 Å². The van der Waals surface area contributed by atoms with E-state index in [0.29, 0.717) is 10.9 Å². The van der Waals surface area contributed by atoms with Crippen molar-refractivity contribution in [3.05, 3.63) is 83.4 Å². The Kier molecular flexibility index (Phi) is 5.32. The average molecular weight is 403 g/mol. The standard InChI is InChI=1S/C24H22N2O2S/c1-16-9-8-12-20(17(16)2)26(24-25-19-11-5-7-14-22(19)29-24)23(27)15-18-10-4-6-13-21(18)28-3/h4-14H,15H2,1-3H3. The number of methoxy groups -OCH3 is 1. The normalized spacial score (nSPS) is 10.9. The number of ether oxygens (including phenoxy) is 1. The van der Waals surface area contributed by atoms with Crippen molar-refractivity contribution in [2.45, 2.75) is 20.3 Å². The zero-order valence-electron chi connectivity index (χ0n) is 16.7. The summed E-state index contributed by atoms with van der Waals surface area (Å²) in [7, 11) is 1.62. The second kappa shape index (κ2) is 8.05. The Labute approximate surface area is 174 Å². The quantitative estimate of drug-likeness (QED) is 0.422. The molecule has 0 N–H and O–H groups in total. The molecule has 1 heterocycles. The molecule has 3 aromatic carbocycles. The van der Waals surface area contributed by atoms with Crippen molar-refractivity contribution in [2.24, 2.45) is 0 Å². The zero-order chi connectivity index (χ0) is 20.4. The molecule has 4 nitrogen and oxygen atoms in total. The number of hydrogen-bond donors (Lipinski definition) is 0. The minimum atomic E-state index is -0.0396. The van der Waals surface area contributed by atoms with Gasteiger partial charge in [-0.3, -0.25) is 9.69 Å². The summed E-state index contributed by atoms with van der Waals surface area (Å²) in [5, 5.41) is 0.680. The van der Waals surface area contributed by atoms with Crippen LogP contribution in [0.2, 0.25) is 0 Å². The molecule has 0 saturated carbocycles. The number of benzene rings is 3. The molecule has 0 saturated heterocycles. The lowest BCUT2D eigenvalue weighted by Crippen LogP contribution is -2.28. The third-order valence-electron chi connectivity index (χ3n) is 5.07. The number of carbonyl (C=O) groups is 1. The highest BCUT2D eigenvalue weighted by Crippen LogP contribution is 2.36. The van der Waals surface area contributed by atoms with Gasteiger partial charge in [0.25, 0.3) is 0 Å². The lowest BCUT2D eigenvalue weighted by Gasteiger charge is -2.23. The Hall–Kier alpha value is -3.18. The number of para-hydroxylation sites is 2. The van der Waals surface area contributed by atoms with E-state index in [1.54, 1.807) is 12.0 Å². The first-order chi connectivity index (χ1) is 14.1. The molecule has 0 bridgehead atoms. The smallest absolute Gasteiger partial charge is 0.237 e. The van der Waals surface area contributed by atoms with Crippen LogP contribution in [0.5, 0.6) is 5.75 Å². The molecule has 0 aliphatic rings. The Morgan fingerprint density at radius 2 is 1.76 bits per heavy atom. The lowest BCUT2D eigenvalue weighted by atomic mass is 10.1. The first-order valence-electron chi connectivity index (χ1n) is 9.45. The summed E-state index contributed by atoms with van der Waals surface area (Å²) in [5.41, 5.74) is 4.83. The predicted molar refractivity (Wildman–Crippen MR) is 119 cm³/mol. The van der Waals surface area contributed by atoms with E-state index < -0.39 is 0 Å². The molecule has 0 fully saturated rings. The van der Waals surface area contributed by atoms with Crippen molar-refractivity contribution >= 4 is 38.3 Å². The lowest BCUT2D eigenvalue weighted by molar-refractivity contribution is -0.117. The molecule has 4 aromatic rings. The second-order valence-corrected chi connectivity index (χ2v) is 7.91. The number of rotatable bonds is 5. The monoisotopic (exact) mass is 402 g/mol.